The summed E-state index contributed by atoms with van der Waals surface area (Å²) in [5.41, 5.74) is 0.807. The number of rotatable bonds is 8. The highest BCUT2D eigenvalue weighted by Crippen LogP contribution is 2.16. The third kappa shape index (κ3) is 6.02. The van der Waals surface area contributed by atoms with E-state index >= 15 is 0 Å². The first-order valence-corrected chi connectivity index (χ1v) is 12.1. The zero-order chi connectivity index (χ0) is 23.4. The van der Waals surface area contributed by atoms with Crippen LogP contribution in [0, 0.1) is 0 Å². The number of fused-ring (bicyclic) bond motifs is 1. The molecule has 3 aromatic rings. The van der Waals surface area contributed by atoms with Crippen LogP contribution >= 0.6 is 0 Å². The molecular formula is C22H25N5O5S. The average Bonchev–Trinajstić information content (AvgIpc) is 3.26. The van der Waals surface area contributed by atoms with Crippen LogP contribution in [-0.2, 0) is 26.1 Å². The molecule has 1 atom stereocenters. The molecule has 4 rings (SSSR count). The lowest BCUT2D eigenvalue weighted by Crippen LogP contribution is -2.38. The van der Waals surface area contributed by atoms with Crippen molar-refractivity contribution in [1.82, 2.24) is 14.9 Å². The Balaban J connectivity index is 1.48. The lowest BCUT2D eigenvalue weighted by Gasteiger charge is -2.24. The van der Waals surface area contributed by atoms with Gasteiger partial charge in [-0.1, -0.05) is 12.1 Å². The van der Waals surface area contributed by atoms with Crippen molar-refractivity contribution in [2.24, 2.45) is 5.14 Å². The fourth-order valence-electron chi connectivity index (χ4n) is 3.81. The number of nitrogens with two attached hydrogens (primary N) is 1. The fraction of sp³-hybridized carbons (Fsp3) is 0.318. The van der Waals surface area contributed by atoms with E-state index in [4.69, 9.17) is 9.88 Å². The predicted molar refractivity (Wildman–Crippen MR) is 123 cm³/mol. The summed E-state index contributed by atoms with van der Waals surface area (Å²) < 4.78 is 28.5. The number of carbonyl (C=O) groups is 1. The largest absolute Gasteiger partial charge is 0.377 e. The van der Waals surface area contributed by atoms with Gasteiger partial charge in [0.2, 0.25) is 15.9 Å². The molecular weight excluding hydrogens is 446 g/mol. The molecule has 1 saturated heterocycles. The van der Waals surface area contributed by atoms with Gasteiger partial charge in [-0.3, -0.25) is 14.5 Å². The van der Waals surface area contributed by atoms with Gasteiger partial charge in [0.25, 0.3) is 5.56 Å². The van der Waals surface area contributed by atoms with Crippen molar-refractivity contribution in [3.8, 4) is 0 Å². The number of amides is 1. The number of anilines is 1. The first kappa shape index (κ1) is 23.1. The third-order valence-corrected chi connectivity index (χ3v) is 6.28. The average molecular weight is 472 g/mol. The van der Waals surface area contributed by atoms with Crippen LogP contribution in [0.3, 0.4) is 0 Å². The molecule has 0 aliphatic carbocycles. The zero-order valence-electron chi connectivity index (χ0n) is 17.9. The van der Waals surface area contributed by atoms with Gasteiger partial charge >= 0.3 is 0 Å². The molecule has 174 valence electrons. The number of sulfonamides is 1. The van der Waals surface area contributed by atoms with Crippen molar-refractivity contribution >= 4 is 32.5 Å². The van der Waals surface area contributed by atoms with E-state index in [1.54, 1.807) is 18.2 Å². The number of aromatic amines is 1. The van der Waals surface area contributed by atoms with Gasteiger partial charge in [-0.25, -0.2) is 18.5 Å². The summed E-state index contributed by atoms with van der Waals surface area (Å²) in [7, 11) is -3.81. The third-order valence-electron chi connectivity index (χ3n) is 5.35. The number of benzene rings is 2. The number of primary sulfonamides is 1. The predicted octanol–water partition coefficient (Wildman–Crippen LogP) is 1.19. The highest BCUT2D eigenvalue weighted by Gasteiger charge is 2.22. The number of nitrogens with one attached hydrogen (secondary N) is 2. The molecule has 10 nitrogen and oxygen atoms in total. The minimum absolute atomic E-state index is 0.000905. The quantitative estimate of drug-likeness (QED) is 0.447. The van der Waals surface area contributed by atoms with Crippen molar-refractivity contribution < 1.29 is 17.9 Å². The van der Waals surface area contributed by atoms with Crippen LogP contribution in [0.15, 0.2) is 58.2 Å². The summed E-state index contributed by atoms with van der Waals surface area (Å²) in [5, 5.41) is 8.37. The fourth-order valence-corrected chi connectivity index (χ4v) is 4.33. The molecule has 1 aromatic heterocycles. The van der Waals surface area contributed by atoms with Gasteiger partial charge < -0.3 is 15.0 Å². The molecule has 0 radical (unpaired) electrons. The highest BCUT2D eigenvalue weighted by molar-refractivity contribution is 7.89. The van der Waals surface area contributed by atoms with E-state index in [1.807, 2.05) is 11.0 Å². The van der Waals surface area contributed by atoms with Crippen molar-refractivity contribution in [1.29, 1.82) is 0 Å². The van der Waals surface area contributed by atoms with Crippen molar-refractivity contribution in [2.45, 2.75) is 30.4 Å². The number of ether oxygens (including phenoxy) is 1. The SMILES string of the molecule is NS(=O)(=O)c1ccc(NC(=O)CN(Cc2nc3ccccc3c(=O)[nH]2)CC2CCCO2)cc1. The van der Waals surface area contributed by atoms with E-state index < -0.39 is 10.0 Å². The minimum Gasteiger partial charge on any atom is -0.377 e. The van der Waals surface area contributed by atoms with Crippen LogP contribution < -0.4 is 16.0 Å². The Morgan fingerprint density at radius 2 is 1.97 bits per heavy atom. The lowest BCUT2D eigenvalue weighted by atomic mass is 10.2. The van der Waals surface area contributed by atoms with Crippen LogP contribution in [0.2, 0.25) is 0 Å². The van der Waals surface area contributed by atoms with Crippen LogP contribution in [0.1, 0.15) is 18.7 Å². The summed E-state index contributed by atoms with van der Waals surface area (Å²) in [4.78, 5) is 34.3. The van der Waals surface area contributed by atoms with Crippen LogP contribution in [0.25, 0.3) is 10.9 Å². The van der Waals surface area contributed by atoms with Crippen molar-refractivity contribution in [2.75, 3.05) is 25.0 Å². The lowest BCUT2D eigenvalue weighted by molar-refractivity contribution is -0.117. The van der Waals surface area contributed by atoms with Gasteiger partial charge in [0.05, 0.1) is 35.0 Å². The second-order valence-corrected chi connectivity index (χ2v) is 9.51. The van der Waals surface area contributed by atoms with Crippen LogP contribution in [0.4, 0.5) is 5.69 Å². The molecule has 2 aromatic carbocycles. The smallest absolute Gasteiger partial charge is 0.258 e. The molecule has 1 aliphatic rings. The molecule has 0 bridgehead atoms. The van der Waals surface area contributed by atoms with E-state index in [0.717, 1.165) is 12.8 Å². The zero-order valence-corrected chi connectivity index (χ0v) is 18.7. The standard InChI is InChI=1S/C22H25N5O5S/c23-33(30,31)17-9-7-15(8-10-17)24-21(28)14-27(12-16-4-3-11-32-16)13-20-25-19-6-2-1-5-18(19)22(29)26-20/h1-2,5-10,16H,3-4,11-14H2,(H,24,28)(H2,23,30,31)(H,25,26,29). The van der Waals surface area contributed by atoms with Gasteiger partial charge in [-0.15, -0.1) is 0 Å². The van der Waals surface area contributed by atoms with Crippen molar-refractivity contribution in [3.05, 3.63) is 64.7 Å². The monoisotopic (exact) mass is 471 g/mol. The Kier molecular flexibility index (Phi) is 6.84. The topological polar surface area (TPSA) is 147 Å². The minimum atomic E-state index is -3.81. The second-order valence-electron chi connectivity index (χ2n) is 7.95. The maximum atomic E-state index is 12.7. The summed E-state index contributed by atoms with van der Waals surface area (Å²) in [6.45, 7) is 1.49. The first-order chi connectivity index (χ1) is 15.8. The molecule has 1 aliphatic heterocycles. The molecule has 33 heavy (non-hydrogen) atoms. The molecule has 4 N–H and O–H groups in total. The van der Waals surface area contributed by atoms with Crippen molar-refractivity contribution in [3.63, 3.8) is 0 Å². The normalized spacial score (nSPS) is 16.4. The van der Waals surface area contributed by atoms with Gasteiger partial charge in [0.15, 0.2) is 0 Å². The number of para-hydroxylation sites is 1. The molecule has 0 saturated carbocycles. The van der Waals surface area contributed by atoms with E-state index in [9.17, 15) is 18.0 Å². The Morgan fingerprint density at radius 3 is 2.67 bits per heavy atom. The maximum Gasteiger partial charge on any atom is 0.258 e. The summed E-state index contributed by atoms with van der Waals surface area (Å²) in [6.07, 6.45) is 1.86. The number of aromatic nitrogens is 2. The Bertz CT molecular complexity index is 1300. The van der Waals surface area contributed by atoms with E-state index in [-0.39, 0.29) is 35.6 Å². The number of hydrogen-bond acceptors (Lipinski definition) is 7. The van der Waals surface area contributed by atoms with E-state index in [0.29, 0.717) is 35.6 Å². The number of carbonyl (C=O) groups excluding carboxylic acids is 1. The number of nitrogens with zero attached hydrogens (tertiary/aromatic N) is 2. The molecule has 1 fully saturated rings. The van der Waals surface area contributed by atoms with Crippen LogP contribution in [-0.4, -0.2) is 55.0 Å². The van der Waals surface area contributed by atoms with Gasteiger partial charge in [-0.2, -0.15) is 0 Å². The molecule has 0 spiro atoms. The van der Waals surface area contributed by atoms with Gasteiger partial charge in [0, 0.05) is 18.8 Å². The highest BCUT2D eigenvalue weighted by atomic mass is 32.2. The maximum absolute atomic E-state index is 12.7. The Morgan fingerprint density at radius 1 is 1.21 bits per heavy atom. The van der Waals surface area contributed by atoms with Gasteiger partial charge in [0.1, 0.15) is 5.82 Å². The second kappa shape index (κ2) is 9.79. The summed E-state index contributed by atoms with van der Waals surface area (Å²) >= 11 is 0. The molecule has 11 heteroatoms. The summed E-state index contributed by atoms with van der Waals surface area (Å²) in [5.74, 6) is 0.168. The molecule has 1 amide bonds. The Hall–Kier alpha value is -3.12. The number of hydrogen-bond donors (Lipinski definition) is 3. The van der Waals surface area contributed by atoms with Gasteiger partial charge in [-0.05, 0) is 49.2 Å². The van der Waals surface area contributed by atoms with E-state index in [2.05, 4.69) is 15.3 Å². The Labute approximate surface area is 190 Å². The van der Waals surface area contributed by atoms with E-state index in [1.165, 1.54) is 24.3 Å². The first-order valence-electron chi connectivity index (χ1n) is 10.5. The molecule has 2 heterocycles. The van der Waals surface area contributed by atoms with Crippen LogP contribution in [0.5, 0.6) is 0 Å². The molecule has 1 unspecified atom stereocenters. The number of H-pyrrole nitrogens is 1. The summed E-state index contributed by atoms with van der Waals surface area (Å²) in [6, 6.07) is 12.7.